The van der Waals surface area contributed by atoms with Crippen molar-refractivity contribution in [3.05, 3.63) is 29.6 Å². The van der Waals surface area contributed by atoms with Crippen LogP contribution in [0.5, 0.6) is 0 Å². The Bertz CT molecular complexity index is 434. The molecule has 0 radical (unpaired) electrons. The van der Waals surface area contributed by atoms with E-state index in [1.807, 2.05) is 0 Å². The number of methoxy groups -OCH3 is 1. The molecule has 0 saturated heterocycles. The zero-order chi connectivity index (χ0) is 14.3. The fourth-order valence-corrected chi connectivity index (χ4v) is 1.62. The Hall–Kier alpha value is -1.99. The summed E-state index contributed by atoms with van der Waals surface area (Å²) in [5.74, 6) is -2.15. The highest BCUT2D eigenvalue weighted by Gasteiger charge is 2.14. The maximum atomic E-state index is 10.7. The highest BCUT2D eigenvalue weighted by atomic mass is 16.5. The highest BCUT2D eigenvalue weighted by Crippen LogP contribution is 2.05. The molecule has 0 spiro atoms. The summed E-state index contributed by atoms with van der Waals surface area (Å²) in [5.41, 5.74) is 1.32. The van der Waals surface area contributed by atoms with Gasteiger partial charge in [-0.05, 0) is 12.1 Å². The number of aromatic nitrogens is 1. The second-order valence-electron chi connectivity index (χ2n) is 3.99. The number of carboxylic acids is 2. The number of ether oxygens (including phenoxy) is 1. The third-order valence-electron chi connectivity index (χ3n) is 2.26. The van der Waals surface area contributed by atoms with Gasteiger partial charge in [-0.1, -0.05) is 6.07 Å². The normalized spacial score (nSPS) is 10.6. The molecule has 0 saturated carbocycles. The number of hydrogen-bond acceptors (Lipinski definition) is 5. The molecule has 0 atom stereocenters. The third kappa shape index (κ3) is 5.94. The van der Waals surface area contributed by atoms with Crippen LogP contribution in [-0.2, 0) is 27.5 Å². The van der Waals surface area contributed by atoms with Crippen molar-refractivity contribution in [1.29, 1.82) is 0 Å². The van der Waals surface area contributed by atoms with Crippen molar-refractivity contribution in [2.75, 3.05) is 20.2 Å². The van der Waals surface area contributed by atoms with Crippen LogP contribution in [0.3, 0.4) is 0 Å². The Morgan fingerprint density at radius 2 is 1.79 bits per heavy atom. The summed E-state index contributed by atoms with van der Waals surface area (Å²) in [5, 5.41) is 17.5. The van der Waals surface area contributed by atoms with Crippen molar-refractivity contribution in [1.82, 2.24) is 9.88 Å². The Balaban J connectivity index is 2.73. The standard InChI is InChI=1S/C12H16N2O5/c1-19-8-10-4-2-3-9(13-10)5-14(6-11(15)16)7-12(17)18/h2-4H,5-8H2,1H3,(H,15,16)(H,17,18). The fourth-order valence-electron chi connectivity index (χ4n) is 1.62. The van der Waals surface area contributed by atoms with E-state index in [0.717, 1.165) is 0 Å². The zero-order valence-corrected chi connectivity index (χ0v) is 10.6. The van der Waals surface area contributed by atoms with Gasteiger partial charge in [-0.2, -0.15) is 0 Å². The SMILES string of the molecule is COCc1cccc(CN(CC(=O)O)CC(=O)O)n1. The number of carbonyl (C=O) groups is 2. The van der Waals surface area contributed by atoms with Crippen LogP contribution in [0, 0.1) is 0 Å². The van der Waals surface area contributed by atoms with Crippen LogP contribution < -0.4 is 0 Å². The molecule has 0 unspecified atom stereocenters. The smallest absolute Gasteiger partial charge is 0.317 e. The van der Waals surface area contributed by atoms with Crippen LogP contribution >= 0.6 is 0 Å². The Morgan fingerprint density at radius 1 is 1.21 bits per heavy atom. The maximum Gasteiger partial charge on any atom is 0.317 e. The number of nitrogens with zero attached hydrogens (tertiary/aromatic N) is 2. The van der Waals surface area contributed by atoms with Crippen molar-refractivity contribution in [3.63, 3.8) is 0 Å². The van der Waals surface area contributed by atoms with Gasteiger partial charge in [-0.15, -0.1) is 0 Å². The molecule has 0 fully saturated rings. The van der Waals surface area contributed by atoms with Crippen LogP contribution in [0.2, 0.25) is 0 Å². The predicted molar refractivity (Wildman–Crippen MR) is 65.5 cm³/mol. The zero-order valence-electron chi connectivity index (χ0n) is 10.6. The lowest BCUT2D eigenvalue weighted by molar-refractivity contribution is -0.142. The molecule has 0 aliphatic heterocycles. The van der Waals surface area contributed by atoms with Crippen molar-refractivity contribution >= 4 is 11.9 Å². The van der Waals surface area contributed by atoms with Crippen LogP contribution in [0.25, 0.3) is 0 Å². The number of aliphatic carboxylic acids is 2. The summed E-state index contributed by atoms with van der Waals surface area (Å²) in [6, 6.07) is 5.28. The summed E-state index contributed by atoms with van der Waals surface area (Å²) in [6.45, 7) is -0.174. The van der Waals surface area contributed by atoms with Crippen molar-refractivity contribution in [3.8, 4) is 0 Å². The first-order valence-electron chi connectivity index (χ1n) is 5.61. The molecule has 0 aliphatic carbocycles. The minimum absolute atomic E-state index is 0.163. The van der Waals surface area contributed by atoms with E-state index in [9.17, 15) is 9.59 Å². The number of hydrogen-bond donors (Lipinski definition) is 2. The lowest BCUT2D eigenvalue weighted by Gasteiger charge is -2.17. The molecule has 19 heavy (non-hydrogen) atoms. The molecule has 0 bridgehead atoms. The van der Waals surface area contributed by atoms with Gasteiger partial charge in [0.15, 0.2) is 0 Å². The first kappa shape index (κ1) is 15.1. The predicted octanol–water partition coefficient (Wildman–Crippen LogP) is 0.199. The summed E-state index contributed by atoms with van der Waals surface area (Å²) in [7, 11) is 1.55. The molecule has 1 aromatic heterocycles. The Kier molecular flexibility index (Phi) is 5.91. The molecule has 0 amide bonds. The third-order valence-corrected chi connectivity index (χ3v) is 2.26. The van der Waals surface area contributed by atoms with E-state index in [1.165, 1.54) is 4.90 Å². The average molecular weight is 268 g/mol. The minimum Gasteiger partial charge on any atom is -0.480 e. The van der Waals surface area contributed by atoms with Crippen molar-refractivity contribution < 1.29 is 24.5 Å². The van der Waals surface area contributed by atoms with E-state index in [1.54, 1.807) is 25.3 Å². The van der Waals surface area contributed by atoms with Gasteiger partial charge in [0, 0.05) is 13.7 Å². The van der Waals surface area contributed by atoms with Gasteiger partial charge in [0.2, 0.25) is 0 Å². The van der Waals surface area contributed by atoms with E-state index in [0.29, 0.717) is 18.0 Å². The largest absolute Gasteiger partial charge is 0.480 e. The first-order valence-corrected chi connectivity index (χ1v) is 5.61. The van der Waals surface area contributed by atoms with E-state index in [4.69, 9.17) is 14.9 Å². The molecule has 7 heteroatoms. The maximum absolute atomic E-state index is 10.7. The molecule has 1 rings (SSSR count). The van der Waals surface area contributed by atoms with E-state index in [-0.39, 0.29) is 19.6 Å². The van der Waals surface area contributed by atoms with Gasteiger partial charge < -0.3 is 14.9 Å². The molecule has 104 valence electrons. The van der Waals surface area contributed by atoms with Crippen LogP contribution in [0.4, 0.5) is 0 Å². The molecule has 1 aromatic rings. The number of carboxylic acid groups (broad SMARTS) is 2. The molecule has 0 aromatic carbocycles. The second kappa shape index (κ2) is 7.45. The summed E-state index contributed by atoms with van der Waals surface area (Å²) >= 11 is 0. The lowest BCUT2D eigenvalue weighted by atomic mass is 10.3. The Morgan fingerprint density at radius 3 is 2.32 bits per heavy atom. The summed E-state index contributed by atoms with van der Waals surface area (Å²) in [6.07, 6.45) is 0. The minimum atomic E-state index is -1.07. The van der Waals surface area contributed by atoms with Crippen LogP contribution in [0.15, 0.2) is 18.2 Å². The quantitative estimate of drug-likeness (QED) is 0.694. The number of pyridine rings is 1. The van der Waals surface area contributed by atoms with Gasteiger partial charge in [-0.25, -0.2) is 0 Å². The molecule has 2 N–H and O–H groups in total. The van der Waals surface area contributed by atoms with Crippen LogP contribution in [-0.4, -0.2) is 52.2 Å². The highest BCUT2D eigenvalue weighted by molar-refractivity contribution is 5.72. The van der Waals surface area contributed by atoms with Gasteiger partial charge in [-0.3, -0.25) is 19.5 Å². The molecule has 1 heterocycles. The summed E-state index contributed by atoms with van der Waals surface area (Å²) in [4.78, 5) is 26.9. The van der Waals surface area contributed by atoms with E-state index in [2.05, 4.69) is 4.98 Å². The topological polar surface area (TPSA) is 100.0 Å². The van der Waals surface area contributed by atoms with E-state index < -0.39 is 11.9 Å². The molecular weight excluding hydrogens is 252 g/mol. The monoisotopic (exact) mass is 268 g/mol. The Labute approximate surface area is 110 Å². The van der Waals surface area contributed by atoms with E-state index >= 15 is 0 Å². The van der Waals surface area contributed by atoms with Gasteiger partial charge in [0.05, 0.1) is 31.1 Å². The lowest BCUT2D eigenvalue weighted by Crippen LogP contribution is -2.34. The molecular formula is C12H16N2O5. The van der Waals surface area contributed by atoms with Crippen LogP contribution in [0.1, 0.15) is 11.4 Å². The fraction of sp³-hybridized carbons (Fsp3) is 0.417. The van der Waals surface area contributed by atoms with Gasteiger partial charge in [0.1, 0.15) is 0 Å². The van der Waals surface area contributed by atoms with Crippen molar-refractivity contribution in [2.24, 2.45) is 0 Å². The molecule has 7 nitrogen and oxygen atoms in total. The first-order chi connectivity index (χ1) is 9.01. The van der Waals surface area contributed by atoms with Gasteiger partial charge in [0.25, 0.3) is 0 Å². The number of rotatable bonds is 8. The second-order valence-corrected chi connectivity index (χ2v) is 3.99. The summed E-state index contributed by atoms with van der Waals surface area (Å²) < 4.78 is 4.95. The average Bonchev–Trinajstić information content (AvgIpc) is 2.27. The van der Waals surface area contributed by atoms with Gasteiger partial charge >= 0.3 is 11.9 Å². The molecule has 0 aliphatic rings. The van der Waals surface area contributed by atoms with Crippen molar-refractivity contribution in [2.45, 2.75) is 13.2 Å².